The van der Waals surface area contributed by atoms with Crippen LogP contribution in [0.25, 0.3) is 0 Å². The van der Waals surface area contributed by atoms with Gasteiger partial charge in [-0.15, -0.1) is 0 Å². The second kappa shape index (κ2) is 9.24. The van der Waals surface area contributed by atoms with Gasteiger partial charge in [0.2, 0.25) is 0 Å². The average Bonchev–Trinajstić information content (AvgIpc) is 3.10. The van der Waals surface area contributed by atoms with Gasteiger partial charge in [-0.1, -0.05) is 79.7 Å². The second-order valence-corrected chi connectivity index (χ2v) is 7.79. The lowest BCUT2D eigenvalue weighted by molar-refractivity contribution is -0.131. The molecular formula is C26H26N2O4. The highest BCUT2D eigenvalue weighted by atomic mass is 16.5. The number of imide groups is 1. The molecule has 4 rings (SSSR count). The molecule has 1 aliphatic heterocycles. The van der Waals surface area contributed by atoms with Crippen LogP contribution in [-0.4, -0.2) is 41.2 Å². The highest BCUT2D eigenvalue weighted by molar-refractivity contribution is 6.09. The SMILES string of the molecule is CCc1ccc(OC[C@H](O)CN2C(=O)NC(c3ccccc3)(c3ccccc3)C2=O)cc1. The van der Waals surface area contributed by atoms with Crippen LogP contribution >= 0.6 is 0 Å². The number of amides is 3. The minimum atomic E-state index is -1.34. The molecular weight excluding hydrogens is 404 g/mol. The van der Waals surface area contributed by atoms with Gasteiger partial charge >= 0.3 is 6.03 Å². The van der Waals surface area contributed by atoms with Crippen molar-refractivity contribution in [1.82, 2.24) is 10.2 Å². The number of benzene rings is 3. The molecule has 6 heteroatoms. The molecule has 1 fully saturated rings. The van der Waals surface area contributed by atoms with E-state index in [2.05, 4.69) is 12.2 Å². The highest BCUT2D eigenvalue weighted by Crippen LogP contribution is 2.36. The molecule has 0 radical (unpaired) electrons. The van der Waals surface area contributed by atoms with Crippen molar-refractivity contribution in [2.45, 2.75) is 25.0 Å². The van der Waals surface area contributed by atoms with Gasteiger partial charge in [0.1, 0.15) is 18.5 Å². The zero-order valence-corrected chi connectivity index (χ0v) is 17.9. The first-order chi connectivity index (χ1) is 15.5. The van der Waals surface area contributed by atoms with Crippen molar-refractivity contribution in [3.8, 4) is 5.75 Å². The Morgan fingerprint density at radius 1 is 0.906 bits per heavy atom. The molecule has 6 nitrogen and oxygen atoms in total. The Balaban J connectivity index is 1.52. The number of rotatable bonds is 8. The van der Waals surface area contributed by atoms with Gasteiger partial charge in [0, 0.05) is 0 Å². The van der Waals surface area contributed by atoms with Crippen LogP contribution in [0.2, 0.25) is 0 Å². The third-order valence-electron chi connectivity index (χ3n) is 5.69. The summed E-state index contributed by atoms with van der Waals surface area (Å²) in [5.41, 5.74) is 1.17. The minimum absolute atomic E-state index is 0.0355. The topological polar surface area (TPSA) is 78.9 Å². The minimum Gasteiger partial charge on any atom is -0.491 e. The number of hydrogen-bond donors (Lipinski definition) is 2. The van der Waals surface area contributed by atoms with Crippen LogP contribution in [0, 0.1) is 0 Å². The van der Waals surface area contributed by atoms with Crippen LogP contribution in [0.1, 0.15) is 23.6 Å². The molecule has 164 valence electrons. The van der Waals surface area contributed by atoms with E-state index in [1.54, 1.807) is 0 Å². The molecule has 0 unspecified atom stereocenters. The summed E-state index contributed by atoms with van der Waals surface area (Å²) in [7, 11) is 0. The van der Waals surface area contributed by atoms with Gasteiger partial charge in [0.25, 0.3) is 5.91 Å². The maximum Gasteiger partial charge on any atom is 0.325 e. The number of aryl methyl sites for hydroxylation is 1. The number of aliphatic hydroxyl groups excluding tert-OH is 1. The second-order valence-electron chi connectivity index (χ2n) is 7.79. The summed E-state index contributed by atoms with van der Waals surface area (Å²) in [5, 5.41) is 13.4. The number of carbonyl (C=O) groups is 2. The Hall–Kier alpha value is -3.64. The van der Waals surface area contributed by atoms with Crippen molar-refractivity contribution in [3.05, 3.63) is 102 Å². The zero-order valence-electron chi connectivity index (χ0n) is 17.9. The van der Waals surface area contributed by atoms with E-state index in [0.717, 1.165) is 11.3 Å². The van der Waals surface area contributed by atoms with Crippen molar-refractivity contribution in [1.29, 1.82) is 0 Å². The van der Waals surface area contributed by atoms with Gasteiger partial charge in [-0.3, -0.25) is 9.69 Å². The number of nitrogens with zero attached hydrogens (tertiary/aromatic N) is 1. The maximum absolute atomic E-state index is 13.6. The van der Waals surface area contributed by atoms with Crippen molar-refractivity contribution < 1.29 is 19.4 Å². The van der Waals surface area contributed by atoms with Crippen molar-refractivity contribution in [2.75, 3.05) is 13.2 Å². The number of ether oxygens (including phenoxy) is 1. The molecule has 0 saturated carbocycles. The Morgan fingerprint density at radius 3 is 2.00 bits per heavy atom. The lowest BCUT2D eigenvalue weighted by Crippen LogP contribution is -2.46. The molecule has 0 spiro atoms. The molecule has 0 bridgehead atoms. The lowest BCUT2D eigenvalue weighted by Gasteiger charge is -2.28. The maximum atomic E-state index is 13.6. The predicted molar refractivity (Wildman–Crippen MR) is 121 cm³/mol. The fraction of sp³-hybridized carbons (Fsp3) is 0.231. The first-order valence-electron chi connectivity index (χ1n) is 10.7. The summed E-state index contributed by atoms with van der Waals surface area (Å²) in [6.07, 6.45) is -0.0995. The highest BCUT2D eigenvalue weighted by Gasteiger charge is 2.53. The van der Waals surface area contributed by atoms with Crippen molar-refractivity contribution in [3.63, 3.8) is 0 Å². The van der Waals surface area contributed by atoms with Crippen LogP contribution < -0.4 is 10.1 Å². The smallest absolute Gasteiger partial charge is 0.325 e. The van der Waals surface area contributed by atoms with Gasteiger partial charge in [-0.05, 0) is 35.2 Å². The van der Waals surface area contributed by atoms with E-state index in [9.17, 15) is 14.7 Å². The quantitative estimate of drug-likeness (QED) is 0.537. The number of nitrogens with one attached hydrogen (secondary N) is 1. The monoisotopic (exact) mass is 430 g/mol. The standard InChI is InChI=1S/C26H26N2O4/c1-2-19-13-15-23(16-14-19)32-18-22(29)17-28-24(30)26(27-25(28)31,20-9-5-3-6-10-20)21-11-7-4-8-12-21/h3-16,22,29H,2,17-18H2,1H3,(H,27,31)/t22-/m1/s1. The number of β-amino-alcohol motifs (C(OH)–C–C–N with tert-alkyl or cyclic N) is 1. The van der Waals surface area contributed by atoms with E-state index < -0.39 is 23.6 Å². The van der Waals surface area contributed by atoms with Crippen molar-refractivity contribution in [2.24, 2.45) is 0 Å². The van der Waals surface area contributed by atoms with E-state index in [1.165, 1.54) is 5.56 Å². The molecule has 0 aromatic heterocycles. The van der Waals surface area contributed by atoms with Crippen molar-refractivity contribution >= 4 is 11.9 Å². The summed E-state index contributed by atoms with van der Waals surface area (Å²) >= 11 is 0. The Morgan fingerprint density at radius 2 is 1.47 bits per heavy atom. The van der Waals surface area contributed by atoms with Gasteiger partial charge in [-0.2, -0.15) is 0 Å². The van der Waals surface area contributed by atoms with Crippen LogP contribution in [0.15, 0.2) is 84.9 Å². The number of urea groups is 1. The first kappa shape index (κ1) is 21.6. The number of aliphatic hydroxyl groups is 1. The fourth-order valence-corrected chi connectivity index (χ4v) is 3.95. The van der Waals surface area contributed by atoms with E-state index in [1.807, 2.05) is 84.9 Å². The summed E-state index contributed by atoms with van der Waals surface area (Å²) in [6, 6.07) is 25.3. The number of carbonyl (C=O) groups excluding carboxylic acids is 2. The fourth-order valence-electron chi connectivity index (χ4n) is 3.95. The zero-order chi connectivity index (χ0) is 22.6. The Labute approximate surface area is 187 Å². The summed E-state index contributed by atoms with van der Waals surface area (Å²) in [5.74, 6) is 0.201. The van der Waals surface area contributed by atoms with Gasteiger partial charge < -0.3 is 15.2 Å². The van der Waals surface area contributed by atoms with Crippen LogP contribution in [0.3, 0.4) is 0 Å². The van der Waals surface area contributed by atoms with E-state index in [-0.39, 0.29) is 13.2 Å². The van der Waals surface area contributed by atoms with Crippen LogP contribution in [0.5, 0.6) is 5.75 Å². The molecule has 1 aliphatic rings. The third kappa shape index (κ3) is 4.09. The lowest BCUT2D eigenvalue weighted by atomic mass is 9.82. The van der Waals surface area contributed by atoms with Crippen LogP contribution in [0.4, 0.5) is 4.79 Å². The van der Waals surface area contributed by atoms with Gasteiger partial charge in [0.15, 0.2) is 5.54 Å². The van der Waals surface area contributed by atoms with E-state index in [4.69, 9.17) is 4.74 Å². The molecule has 32 heavy (non-hydrogen) atoms. The molecule has 1 atom stereocenters. The summed E-state index contributed by atoms with van der Waals surface area (Å²) < 4.78 is 5.65. The summed E-state index contributed by atoms with van der Waals surface area (Å²) in [6.45, 7) is 1.87. The largest absolute Gasteiger partial charge is 0.491 e. The molecule has 3 aromatic rings. The normalized spacial score (nSPS) is 16.0. The molecule has 3 amide bonds. The molecule has 1 saturated heterocycles. The molecule has 1 heterocycles. The van der Waals surface area contributed by atoms with Gasteiger partial charge in [0.05, 0.1) is 6.54 Å². The summed E-state index contributed by atoms with van der Waals surface area (Å²) in [4.78, 5) is 27.5. The predicted octanol–water partition coefficient (Wildman–Crippen LogP) is 3.48. The van der Waals surface area contributed by atoms with Crippen LogP contribution in [-0.2, 0) is 16.8 Å². The number of hydrogen-bond acceptors (Lipinski definition) is 4. The molecule has 2 N–H and O–H groups in total. The third-order valence-corrected chi connectivity index (χ3v) is 5.69. The van der Waals surface area contributed by atoms with E-state index >= 15 is 0 Å². The van der Waals surface area contributed by atoms with E-state index in [0.29, 0.717) is 16.9 Å². The first-order valence-corrected chi connectivity index (χ1v) is 10.7. The van der Waals surface area contributed by atoms with Gasteiger partial charge in [-0.25, -0.2) is 4.79 Å². The average molecular weight is 431 g/mol. The Kier molecular flexibility index (Phi) is 6.23. The molecule has 0 aliphatic carbocycles. The molecule has 3 aromatic carbocycles. The Bertz CT molecular complexity index is 1030.